The zero-order valence-electron chi connectivity index (χ0n) is 11.5. The molecular weight excluding hydrogens is 258 g/mol. The number of hydrogen-bond donors (Lipinski definition) is 3. The number of carboxylic acid groups (broad SMARTS) is 1. The SMILES string of the molecule is Nc1cccc(C(=O)O)c1N1CCCN(CCO)CC1. The molecule has 6 nitrogen and oxygen atoms in total. The quantitative estimate of drug-likeness (QED) is 0.694. The molecule has 1 aliphatic heterocycles. The van der Waals surface area contributed by atoms with Crippen LogP contribution in [0.4, 0.5) is 11.4 Å². The lowest BCUT2D eigenvalue weighted by molar-refractivity contribution is 0.0697. The first-order valence-corrected chi connectivity index (χ1v) is 6.83. The molecule has 1 aromatic rings. The van der Waals surface area contributed by atoms with E-state index >= 15 is 0 Å². The summed E-state index contributed by atoms with van der Waals surface area (Å²) in [7, 11) is 0. The van der Waals surface area contributed by atoms with Crippen LogP contribution in [0.15, 0.2) is 18.2 Å². The van der Waals surface area contributed by atoms with Crippen molar-refractivity contribution in [1.82, 2.24) is 4.90 Å². The molecule has 6 heteroatoms. The molecule has 0 aliphatic carbocycles. The lowest BCUT2D eigenvalue weighted by atomic mass is 10.1. The number of hydrogen-bond acceptors (Lipinski definition) is 5. The summed E-state index contributed by atoms with van der Waals surface area (Å²) in [5, 5.41) is 18.3. The number of β-amino-alcohol motifs (C(OH)–C–C–N with tert-alkyl or cyclic N) is 1. The van der Waals surface area contributed by atoms with Crippen molar-refractivity contribution in [2.75, 3.05) is 50.0 Å². The van der Waals surface area contributed by atoms with E-state index in [4.69, 9.17) is 10.8 Å². The molecule has 0 bridgehead atoms. The summed E-state index contributed by atoms with van der Waals surface area (Å²) in [6, 6.07) is 4.99. The number of rotatable bonds is 4. The first-order valence-electron chi connectivity index (χ1n) is 6.83. The monoisotopic (exact) mass is 279 g/mol. The number of anilines is 2. The highest BCUT2D eigenvalue weighted by atomic mass is 16.4. The van der Waals surface area contributed by atoms with E-state index < -0.39 is 5.97 Å². The molecule has 1 saturated heterocycles. The summed E-state index contributed by atoms with van der Waals surface area (Å²) >= 11 is 0. The maximum absolute atomic E-state index is 11.3. The van der Waals surface area contributed by atoms with Crippen molar-refractivity contribution in [1.29, 1.82) is 0 Å². The number of aromatic carboxylic acids is 1. The first kappa shape index (κ1) is 14.6. The lowest BCUT2D eigenvalue weighted by Crippen LogP contribution is -2.33. The molecule has 110 valence electrons. The third kappa shape index (κ3) is 3.20. The van der Waals surface area contributed by atoms with Gasteiger partial charge in [-0.1, -0.05) is 6.07 Å². The van der Waals surface area contributed by atoms with Gasteiger partial charge in [-0.2, -0.15) is 0 Å². The van der Waals surface area contributed by atoms with Crippen LogP contribution in [0, 0.1) is 0 Å². The standard InChI is InChI=1S/C14H21N3O3/c15-12-4-1-3-11(14(19)20)13(12)17-6-2-5-16(7-8-17)9-10-18/h1,3-4,18H,2,5-10,15H2,(H,19,20). The number of nitrogens with two attached hydrogens (primary N) is 1. The Balaban J connectivity index is 2.21. The van der Waals surface area contributed by atoms with Crippen molar-refractivity contribution in [2.24, 2.45) is 0 Å². The van der Waals surface area contributed by atoms with E-state index in [2.05, 4.69) is 4.90 Å². The lowest BCUT2D eigenvalue weighted by Gasteiger charge is -2.26. The smallest absolute Gasteiger partial charge is 0.337 e. The summed E-state index contributed by atoms with van der Waals surface area (Å²) < 4.78 is 0. The highest BCUT2D eigenvalue weighted by Crippen LogP contribution is 2.28. The minimum Gasteiger partial charge on any atom is -0.478 e. The average Bonchev–Trinajstić information content (AvgIpc) is 2.64. The van der Waals surface area contributed by atoms with Crippen LogP contribution in [0.1, 0.15) is 16.8 Å². The van der Waals surface area contributed by atoms with E-state index in [1.54, 1.807) is 18.2 Å². The third-order valence-corrected chi connectivity index (χ3v) is 3.62. The predicted molar refractivity (Wildman–Crippen MR) is 78.2 cm³/mol. The van der Waals surface area contributed by atoms with E-state index in [1.807, 2.05) is 4.90 Å². The summed E-state index contributed by atoms with van der Waals surface area (Å²) in [6.45, 7) is 4.00. The van der Waals surface area contributed by atoms with Gasteiger partial charge in [-0.05, 0) is 25.1 Å². The van der Waals surface area contributed by atoms with Crippen molar-refractivity contribution in [3.8, 4) is 0 Å². The van der Waals surface area contributed by atoms with Crippen molar-refractivity contribution in [2.45, 2.75) is 6.42 Å². The van der Waals surface area contributed by atoms with E-state index in [0.717, 1.165) is 26.1 Å². The van der Waals surface area contributed by atoms with Gasteiger partial charge in [0.2, 0.25) is 0 Å². The Labute approximate surface area is 118 Å². The van der Waals surface area contributed by atoms with Crippen LogP contribution in [0.5, 0.6) is 0 Å². The summed E-state index contributed by atoms with van der Waals surface area (Å²) in [4.78, 5) is 15.6. The fourth-order valence-corrected chi connectivity index (χ4v) is 2.65. The van der Waals surface area contributed by atoms with Gasteiger partial charge in [0.25, 0.3) is 0 Å². The van der Waals surface area contributed by atoms with Gasteiger partial charge in [0.15, 0.2) is 0 Å². The number of nitrogen functional groups attached to an aromatic ring is 1. The van der Waals surface area contributed by atoms with Crippen LogP contribution in [0.2, 0.25) is 0 Å². The molecule has 1 fully saturated rings. The number of nitrogens with zero attached hydrogens (tertiary/aromatic N) is 2. The predicted octanol–water partition coefficient (Wildman–Crippen LogP) is 0.471. The van der Waals surface area contributed by atoms with E-state index in [9.17, 15) is 9.90 Å². The number of aliphatic hydroxyl groups excluding tert-OH is 1. The molecule has 1 aromatic carbocycles. The topological polar surface area (TPSA) is 90.0 Å². The van der Waals surface area contributed by atoms with Gasteiger partial charge in [0, 0.05) is 26.2 Å². The first-order chi connectivity index (χ1) is 9.63. The normalized spacial score (nSPS) is 16.9. The Kier molecular flexibility index (Phi) is 4.81. The maximum atomic E-state index is 11.3. The second-order valence-corrected chi connectivity index (χ2v) is 4.95. The number of carboxylic acids is 1. The largest absolute Gasteiger partial charge is 0.478 e. The van der Waals surface area contributed by atoms with Crippen LogP contribution >= 0.6 is 0 Å². The van der Waals surface area contributed by atoms with Gasteiger partial charge in [-0.25, -0.2) is 4.79 Å². The van der Waals surface area contributed by atoms with Gasteiger partial charge >= 0.3 is 5.97 Å². The van der Waals surface area contributed by atoms with Crippen molar-refractivity contribution in [3.63, 3.8) is 0 Å². The zero-order valence-corrected chi connectivity index (χ0v) is 11.5. The molecule has 4 N–H and O–H groups in total. The number of aliphatic hydroxyl groups is 1. The number of para-hydroxylation sites is 1. The molecule has 0 saturated carbocycles. The Morgan fingerprint density at radius 1 is 1.25 bits per heavy atom. The molecule has 0 amide bonds. The number of carbonyl (C=O) groups is 1. The molecule has 0 spiro atoms. The number of benzene rings is 1. The van der Waals surface area contributed by atoms with Gasteiger partial charge in [-0.3, -0.25) is 4.90 Å². The molecule has 0 atom stereocenters. The molecule has 20 heavy (non-hydrogen) atoms. The summed E-state index contributed by atoms with van der Waals surface area (Å²) in [5.41, 5.74) is 7.34. The summed E-state index contributed by atoms with van der Waals surface area (Å²) in [6.07, 6.45) is 0.924. The van der Waals surface area contributed by atoms with Gasteiger partial charge in [0.1, 0.15) is 0 Å². The van der Waals surface area contributed by atoms with Crippen LogP contribution in [0.3, 0.4) is 0 Å². The Morgan fingerprint density at radius 2 is 2.05 bits per heavy atom. The van der Waals surface area contributed by atoms with Crippen LogP contribution in [0.25, 0.3) is 0 Å². The highest BCUT2D eigenvalue weighted by molar-refractivity contribution is 5.98. The molecule has 0 radical (unpaired) electrons. The Morgan fingerprint density at radius 3 is 2.75 bits per heavy atom. The Bertz CT molecular complexity index is 479. The van der Waals surface area contributed by atoms with E-state index in [1.165, 1.54) is 0 Å². The molecular formula is C14H21N3O3. The fraction of sp³-hybridized carbons (Fsp3) is 0.500. The second-order valence-electron chi connectivity index (χ2n) is 4.95. The minimum atomic E-state index is -0.955. The van der Waals surface area contributed by atoms with Crippen LogP contribution in [-0.2, 0) is 0 Å². The van der Waals surface area contributed by atoms with E-state index in [0.29, 0.717) is 24.5 Å². The molecule has 1 heterocycles. The van der Waals surface area contributed by atoms with Crippen molar-refractivity contribution >= 4 is 17.3 Å². The minimum absolute atomic E-state index is 0.147. The third-order valence-electron chi connectivity index (χ3n) is 3.62. The second kappa shape index (κ2) is 6.58. The summed E-state index contributed by atoms with van der Waals surface area (Å²) in [5.74, 6) is -0.955. The maximum Gasteiger partial charge on any atom is 0.337 e. The molecule has 0 aromatic heterocycles. The Hall–Kier alpha value is -1.79. The van der Waals surface area contributed by atoms with E-state index in [-0.39, 0.29) is 12.2 Å². The highest BCUT2D eigenvalue weighted by Gasteiger charge is 2.21. The van der Waals surface area contributed by atoms with Crippen molar-refractivity contribution in [3.05, 3.63) is 23.8 Å². The fourth-order valence-electron chi connectivity index (χ4n) is 2.65. The zero-order chi connectivity index (χ0) is 14.5. The van der Waals surface area contributed by atoms with Crippen LogP contribution in [-0.4, -0.2) is 60.4 Å². The van der Waals surface area contributed by atoms with Gasteiger partial charge < -0.3 is 20.8 Å². The van der Waals surface area contributed by atoms with Crippen LogP contribution < -0.4 is 10.6 Å². The van der Waals surface area contributed by atoms with Gasteiger partial charge in [0.05, 0.1) is 23.5 Å². The van der Waals surface area contributed by atoms with Crippen molar-refractivity contribution < 1.29 is 15.0 Å². The molecule has 0 unspecified atom stereocenters. The average molecular weight is 279 g/mol. The molecule has 1 aliphatic rings. The molecule has 2 rings (SSSR count). The van der Waals surface area contributed by atoms with Gasteiger partial charge in [-0.15, -0.1) is 0 Å².